The highest BCUT2D eigenvalue weighted by Crippen LogP contribution is 2.35. The molecule has 0 radical (unpaired) electrons. The molecule has 0 saturated carbocycles. The number of rotatable bonds is 4. The average Bonchev–Trinajstić information content (AvgIpc) is 3.06. The number of nitrogens with zero attached hydrogens (tertiary/aromatic N) is 1. The highest BCUT2D eigenvalue weighted by molar-refractivity contribution is 5.38. The summed E-state index contributed by atoms with van der Waals surface area (Å²) in [5, 5.41) is 9.39. The van der Waals surface area contributed by atoms with Gasteiger partial charge in [-0.05, 0) is 27.8 Å². The Kier molecular flexibility index (Phi) is 4.16. The molecule has 2 heteroatoms. The zero-order chi connectivity index (χ0) is 16.4. The van der Waals surface area contributed by atoms with Gasteiger partial charge in [0.25, 0.3) is 0 Å². The molecule has 1 N–H and O–H groups in total. The highest BCUT2D eigenvalue weighted by Gasteiger charge is 2.28. The highest BCUT2D eigenvalue weighted by atomic mass is 16.3. The van der Waals surface area contributed by atoms with E-state index in [0.29, 0.717) is 0 Å². The fourth-order valence-electron chi connectivity index (χ4n) is 3.64. The molecule has 0 amide bonds. The normalized spacial score (nSPS) is 14.1. The molecule has 0 spiro atoms. The maximum absolute atomic E-state index is 9.39. The van der Waals surface area contributed by atoms with Crippen molar-refractivity contribution < 1.29 is 5.11 Å². The number of aliphatic hydroxyl groups excluding tert-OH is 1. The molecule has 1 aliphatic rings. The van der Waals surface area contributed by atoms with E-state index >= 15 is 0 Å². The van der Waals surface area contributed by atoms with Gasteiger partial charge in [-0.3, -0.25) is 4.90 Å². The van der Waals surface area contributed by atoms with E-state index in [2.05, 4.69) is 77.7 Å². The van der Waals surface area contributed by atoms with Crippen LogP contribution in [0.5, 0.6) is 0 Å². The van der Waals surface area contributed by atoms with Crippen LogP contribution in [-0.4, -0.2) is 10.0 Å². The van der Waals surface area contributed by atoms with Crippen LogP contribution in [0.3, 0.4) is 0 Å². The summed E-state index contributed by atoms with van der Waals surface area (Å²) in [7, 11) is 0. The molecule has 24 heavy (non-hydrogen) atoms. The minimum atomic E-state index is 0.105. The zero-order valence-corrected chi connectivity index (χ0v) is 13.6. The summed E-state index contributed by atoms with van der Waals surface area (Å²) in [6.45, 7) is 1.96. The Morgan fingerprint density at radius 2 is 1.33 bits per heavy atom. The lowest BCUT2D eigenvalue weighted by Gasteiger charge is -2.28. The quantitative estimate of drug-likeness (QED) is 0.776. The van der Waals surface area contributed by atoms with Gasteiger partial charge in [-0.15, -0.1) is 0 Å². The van der Waals surface area contributed by atoms with Gasteiger partial charge in [-0.2, -0.15) is 0 Å². The summed E-state index contributed by atoms with van der Waals surface area (Å²) >= 11 is 0. The average molecular weight is 315 g/mol. The van der Waals surface area contributed by atoms with Gasteiger partial charge in [0.1, 0.15) is 0 Å². The van der Waals surface area contributed by atoms with E-state index in [9.17, 15) is 5.11 Å². The van der Waals surface area contributed by atoms with Crippen LogP contribution in [0.2, 0.25) is 0 Å². The van der Waals surface area contributed by atoms with Crippen molar-refractivity contribution in [1.29, 1.82) is 0 Å². The first-order valence-electron chi connectivity index (χ1n) is 8.40. The Bertz CT molecular complexity index is 774. The fraction of sp³-hybridized carbons (Fsp3) is 0.182. The molecule has 0 saturated heterocycles. The van der Waals surface area contributed by atoms with Crippen LogP contribution in [0.4, 0.5) is 0 Å². The van der Waals surface area contributed by atoms with Gasteiger partial charge in [0.2, 0.25) is 0 Å². The van der Waals surface area contributed by atoms with E-state index in [1.54, 1.807) is 0 Å². The minimum Gasteiger partial charge on any atom is -0.392 e. The van der Waals surface area contributed by atoms with E-state index in [-0.39, 0.29) is 12.6 Å². The number of hydrogen-bond donors (Lipinski definition) is 1. The first kappa shape index (κ1) is 15.1. The van der Waals surface area contributed by atoms with Crippen LogP contribution >= 0.6 is 0 Å². The van der Waals surface area contributed by atoms with Crippen LogP contribution in [0.1, 0.15) is 33.9 Å². The molecule has 120 valence electrons. The first-order valence-corrected chi connectivity index (χ1v) is 8.40. The van der Waals surface area contributed by atoms with Gasteiger partial charge in [-0.1, -0.05) is 78.9 Å². The molecule has 3 aromatic rings. The molecule has 0 bridgehead atoms. The minimum absolute atomic E-state index is 0.105. The van der Waals surface area contributed by atoms with E-state index in [4.69, 9.17) is 0 Å². The second-order valence-corrected chi connectivity index (χ2v) is 6.39. The van der Waals surface area contributed by atoms with Crippen molar-refractivity contribution in [3.63, 3.8) is 0 Å². The molecule has 2 nitrogen and oxygen atoms in total. The summed E-state index contributed by atoms with van der Waals surface area (Å²) in [5.41, 5.74) is 6.33. The predicted molar refractivity (Wildman–Crippen MR) is 96.3 cm³/mol. The molecule has 4 rings (SSSR count). The topological polar surface area (TPSA) is 23.5 Å². The molecule has 0 aromatic heterocycles. The van der Waals surface area contributed by atoms with Crippen molar-refractivity contribution in [2.24, 2.45) is 0 Å². The van der Waals surface area contributed by atoms with Crippen molar-refractivity contribution >= 4 is 0 Å². The second-order valence-electron chi connectivity index (χ2n) is 6.39. The zero-order valence-electron chi connectivity index (χ0n) is 13.6. The van der Waals surface area contributed by atoms with Crippen molar-refractivity contribution in [2.45, 2.75) is 25.7 Å². The maximum Gasteiger partial charge on any atom is 0.0681 e. The molecule has 0 atom stereocenters. The van der Waals surface area contributed by atoms with Gasteiger partial charge in [0.05, 0.1) is 12.6 Å². The lowest BCUT2D eigenvalue weighted by atomic mass is 9.97. The van der Waals surface area contributed by atoms with Crippen LogP contribution in [0.25, 0.3) is 0 Å². The summed E-state index contributed by atoms with van der Waals surface area (Å²) in [5.74, 6) is 0. The van der Waals surface area contributed by atoms with Crippen LogP contribution < -0.4 is 0 Å². The molecule has 0 fully saturated rings. The molecular formula is C22H21NO. The number of hydrogen-bond acceptors (Lipinski definition) is 2. The van der Waals surface area contributed by atoms with Crippen molar-refractivity contribution in [3.05, 3.63) is 107 Å². The smallest absolute Gasteiger partial charge is 0.0681 e. The van der Waals surface area contributed by atoms with Gasteiger partial charge >= 0.3 is 0 Å². The maximum atomic E-state index is 9.39. The molecule has 1 heterocycles. The number of benzene rings is 3. The van der Waals surface area contributed by atoms with Crippen molar-refractivity contribution in [1.82, 2.24) is 4.90 Å². The monoisotopic (exact) mass is 315 g/mol. The second kappa shape index (κ2) is 6.60. The van der Waals surface area contributed by atoms with E-state index in [1.165, 1.54) is 22.3 Å². The number of aliphatic hydroxyl groups is 1. The lowest BCUT2D eigenvalue weighted by molar-refractivity contribution is 0.231. The predicted octanol–water partition coefficient (Wildman–Crippen LogP) is 4.28. The molecule has 3 aromatic carbocycles. The Balaban J connectivity index is 1.71. The Labute approximate surface area is 143 Å². The summed E-state index contributed by atoms with van der Waals surface area (Å²) in [4.78, 5) is 2.51. The van der Waals surface area contributed by atoms with E-state index in [1.807, 2.05) is 6.07 Å². The summed E-state index contributed by atoms with van der Waals surface area (Å²) in [6, 6.07) is 28.0. The fourth-order valence-corrected chi connectivity index (χ4v) is 3.64. The largest absolute Gasteiger partial charge is 0.392 e. The third-order valence-corrected chi connectivity index (χ3v) is 4.80. The molecular weight excluding hydrogens is 294 g/mol. The lowest BCUT2D eigenvalue weighted by Crippen LogP contribution is -2.24. The summed E-state index contributed by atoms with van der Waals surface area (Å²) < 4.78 is 0. The van der Waals surface area contributed by atoms with Gasteiger partial charge in [-0.25, -0.2) is 0 Å². The third kappa shape index (κ3) is 2.86. The standard InChI is InChI=1S/C22H21NO/c24-16-17-11-12-20-14-23(15-21(20)13-17)22(18-7-3-1-4-8-18)19-9-5-2-6-10-19/h1-13,22,24H,14-16H2. The summed E-state index contributed by atoms with van der Waals surface area (Å²) in [6.07, 6.45) is 0. The molecule has 0 unspecified atom stereocenters. The SMILES string of the molecule is OCc1ccc2c(c1)CN(C(c1ccccc1)c1ccccc1)C2. The van der Waals surface area contributed by atoms with Gasteiger partial charge in [0, 0.05) is 13.1 Å². The third-order valence-electron chi connectivity index (χ3n) is 4.80. The van der Waals surface area contributed by atoms with E-state index < -0.39 is 0 Å². The number of fused-ring (bicyclic) bond motifs is 1. The van der Waals surface area contributed by atoms with E-state index in [0.717, 1.165) is 18.7 Å². The van der Waals surface area contributed by atoms with Crippen LogP contribution in [0, 0.1) is 0 Å². The van der Waals surface area contributed by atoms with Gasteiger partial charge < -0.3 is 5.11 Å². The first-order chi connectivity index (χ1) is 11.8. The van der Waals surface area contributed by atoms with Gasteiger partial charge in [0.15, 0.2) is 0 Å². The Hall–Kier alpha value is -2.42. The van der Waals surface area contributed by atoms with Crippen LogP contribution in [0.15, 0.2) is 78.9 Å². The molecule has 1 aliphatic heterocycles. The van der Waals surface area contributed by atoms with Crippen molar-refractivity contribution in [3.8, 4) is 0 Å². The Morgan fingerprint density at radius 3 is 1.92 bits per heavy atom. The van der Waals surface area contributed by atoms with Crippen LogP contribution in [-0.2, 0) is 19.7 Å². The molecule has 0 aliphatic carbocycles. The Morgan fingerprint density at radius 1 is 0.750 bits per heavy atom. The van der Waals surface area contributed by atoms with Crippen molar-refractivity contribution in [2.75, 3.05) is 0 Å².